The molecular weight excluding hydrogens is 324 g/mol. The molecule has 1 amide bonds. The summed E-state index contributed by atoms with van der Waals surface area (Å²) in [7, 11) is -3.50. The lowest BCUT2D eigenvalue weighted by atomic mass is 9.97. The number of carbonyl (C=O) groups is 1. The predicted octanol–water partition coefficient (Wildman–Crippen LogP) is 2.65. The summed E-state index contributed by atoms with van der Waals surface area (Å²) in [5.74, 6) is -0.141. The van der Waals surface area contributed by atoms with Crippen LogP contribution in [0.25, 0.3) is 0 Å². The van der Waals surface area contributed by atoms with Gasteiger partial charge in [-0.15, -0.1) is 0 Å². The van der Waals surface area contributed by atoms with Crippen LogP contribution in [-0.2, 0) is 21.2 Å². The Morgan fingerprint density at radius 1 is 1.08 bits per heavy atom. The summed E-state index contributed by atoms with van der Waals surface area (Å²) in [6.07, 6.45) is 4.67. The summed E-state index contributed by atoms with van der Waals surface area (Å²) >= 11 is 0. The van der Waals surface area contributed by atoms with Crippen LogP contribution in [-0.4, -0.2) is 37.8 Å². The largest absolute Gasteiger partial charge is 0.311 e. The van der Waals surface area contributed by atoms with Gasteiger partial charge < -0.3 is 4.90 Å². The van der Waals surface area contributed by atoms with Crippen LogP contribution in [0.3, 0.4) is 0 Å². The molecule has 0 saturated carbocycles. The lowest BCUT2D eigenvalue weighted by Gasteiger charge is -2.33. The zero-order valence-corrected chi connectivity index (χ0v) is 15.1. The highest BCUT2D eigenvalue weighted by Gasteiger charge is 2.40. The Balaban J connectivity index is 1.82. The van der Waals surface area contributed by atoms with Crippen LogP contribution in [0.4, 0.5) is 5.69 Å². The van der Waals surface area contributed by atoms with Crippen molar-refractivity contribution in [2.75, 3.05) is 18.0 Å². The maximum absolute atomic E-state index is 13.2. The van der Waals surface area contributed by atoms with Crippen molar-refractivity contribution >= 4 is 21.6 Å². The minimum Gasteiger partial charge on any atom is -0.311 e. The Hall–Kier alpha value is -1.40. The molecule has 1 aromatic rings. The highest BCUT2D eigenvalue weighted by Crippen LogP contribution is 2.44. The summed E-state index contributed by atoms with van der Waals surface area (Å²) in [4.78, 5) is 14.7. The summed E-state index contributed by atoms with van der Waals surface area (Å²) in [5, 5.41) is 0. The van der Waals surface area contributed by atoms with Crippen LogP contribution in [0.1, 0.15) is 56.6 Å². The van der Waals surface area contributed by atoms with Gasteiger partial charge in [-0.2, -0.15) is 4.31 Å². The minimum absolute atomic E-state index is 0.0453. The molecule has 3 heterocycles. The first-order chi connectivity index (χ1) is 11.4. The van der Waals surface area contributed by atoms with Gasteiger partial charge in [0.25, 0.3) is 0 Å². The van der Waals surface area contributed by atoms with Crippen LogP contribution < -0.4 is 4.90 Å². The second kappa shape index (κ2) is 5.56. The molecular formula is C18H24N2O3S. The number of hydrogen-bond donors (Lipinski definition) is 0. The number of nitrogens with zero attached hydrogens (tertiary/aromatic N) is 2. The van der Waals surface area contributed by atoms with Gasteiger partial charge in [0.1, 0.15) is 0 Å². The van der Waals surface area contributed by atoms with Crippen LogP contribution >= 0.6 is 0 Å². The zero-order chi connectivity index (χ0) is 17.1. The van der Waals surface area contributed by atoms with Crippen molar-refractivity contribution in [2.45, 2.75) is 62.8 Å². The molecule has 130 valence electrons. The number of sulfonamides is 1. The fourth-order valence-electron chi connectivity index (χ4n) is 4.38. The van der Waals surface area contributed by atoms with Crippen molar-refractivity contribution in [3.63, 3.8) is 0 Å². The number of benzene rings is 1. The van der Waals surface area contributed by atoms with Crippen LogP contribution in [0.2, 0.25) is 0 Å². The minimum atomic E-state index is -3.50. The molecule has 0 N–H and O–H groups in total. The van der Waals surface area contributed by atoms with E-state index in [1.807, 2.05) is 24.8 Å². The van der Waals surface area contributed by atoms with Gasteiger partial charge >= 0.3 is 0 Å². The van der Waals surface area contributed by atoms with Crippen molar-refractivity contribution in [3.8, 4) is 0 Å². The Labute approximate surface area is 143 Å². The molecule has 1 aromatic carbocycles. The molecule has 2 atom stereocenters. The van der Waals surface area contributed by atoms with Crippen molar-refractivity contribution in [1.82, 2.24) is 4.31 Å². The number of amides is 1. The third-order valence-electron chi connectivity index (χ3n) is 5.74. The molecule has 6 heteroatoms. The maximum atomic E-state index is 13.2. The number of carbonyl (C=O) groups excluding carboxylic acids is 1. The first kappa shape index (κ1) is 16.1. The monoisotopic (exact) mass is 348 g/mol. The lowest BCUT2D eigenvalue weighted by molar-refractivity contribution is -0.119. The Bertz CT molecular complexity index is 803. The van der Waals surface area contributed by atoms with E-state index in [4.69, 9.17) is 0 Å². The second-order valence-corrected chi connectivity index (χ2v) is 9.19. The van der Waals surface area contributed by atoms with Crippen molar-refractivity contribution < 1.29 is 13.2 Å². The predicted molar refractivity (Wildman–Crippen MR) is 92.7 cm³/mol. The van der Waals surface area contributed by atoms with Gasteiger partial charge in [0.05, 0.1) is 16.5 Å². The fourth-order valence-corrected chi connectivity index (χ4v) is 6.16. The molecule has 3 aliphatic heterocycles. The topological polar surface area (TPSA) is 57.7 Å². The van der Waals surface area contributed by atoms with E-state index < -0.39 is 10.0 Å². The second-order valence-electron chi connectivity index (χ2n) is 7.30. The van der Waals surface area contributed by atoms with Crippen molar-refractivity contribution in [1.29, 1.82) is 0 Å². The zero-order valence-electron chi connectivity index (χ0n) is 14.3. The van der Waals surface area contributed by atoms with Gasteiger partial charge in [-0.3, -0.25) is 4.79 Å². The van der Waals surface area contributed by atoms with E-state index in [1.165, 1.54) is 0 Å². The average Bonchev–Trinajstić information content (AvgIpc) is 2.82. The number of rotatable bonds is 2. The molecule has 1 fully saturated rings. The summed E-state index contributed by atoms with van der Waals surface area (Å²) in [6, 6.07) is 3.61. The van der Waals surface area contributed by atoms with Gasteiger partial charge in [0, 0.05) is 19.1 Å². The van der Waals surface area contributed by atoms with Crippen LogP contribution in [0.15, 0.2) is 17.0 Å². The molecule has 0 unspecified atom stereocenters. The van der Waals surface area contributed by atoms with Crippen molar-refractivity contribution in [2.24, 2.45) is 0 Å². The standard InChI is InChI=1S/C18H24N2O3S/c1-12-6-3-4-9-20(12)24(22,23)15-10-14-7-5-8-19-17(14)16(11-15)13(2)18(19)21/h10-13H,3-9H2,1-2H3/t12-,13+/m1/s1. The maximum Gasteiger partial charge on any atom is 0.243 e. The van der Waals surface area contributed by atoms with Gasteiger partial charge in [0.2, 0.25) is 15.9 Å². The molecule has 1 saturated heterocycles. The first-order valence-electron chi connectivity index (χ1n) is 8.91. The number of aryl methyl sites for hydroxylation is 1. The molecule has 0 spiro atoms. The number of piperidine rings is 1. The highest BCUT2D eigenvalue weighted by molar-refractivity contribution is 7.89. The van der Waals surface area contributed by atoms with E-state index in [0.29, 0.717) is 11.4 Å². The summed E-state index contributed by atoms with van der Waals surface area (Å²) in [5.41, 5.74) is 2.88. The normalized spacial score (nSPS) is 27.4. The number of hydrogen-bond acceptors (Lipinski definition) is 3. The summed E-state index contributed by atoms with van der Waals surface area (Å²) in [6.45, 7) is 5.22. The lowest BCUT2D eigenvalue weighted by Crippen LogP contribution is -2.42. The molecule has 0 aliphatic carbocycles. The molecule has 0 bridgehead atoms. The Morgan fingerprint density at radius 3 is 2.62 bits per heavy atom. The van der Waals surface area contributed by atoms with Gasteiger partial charge in [-0.05, 0) is 62.8 Å². The fraction of sp³-hybridized carbons (Fsp3) is 0.611. The quantitative estimate of drug-likeness (QED) is 0.825. The SMILES string of the molecule is C[C@@H]1C(=O)N2CCCc3cc(S(=O)(=O)N4CCCC[C@H]4C)cc1c32. The first-order valence-corrected chi connectivity index (χ1v) is 10.4. The van der Waals surface area contributed by atoms with E-state index >= 15 is 0 Å². The van der Waals surface area contributed by atoms with E-state index in [1.54, 1.807) is 10.4 Å². The van der Waals surface area contributed by atoms with Gasteiger partial charge in [0.15, 0.2) is 0 Å². The van der Waals surface area contributed by atoms with E-state index in [9.17, 15) is 13.2 Å². The van der Waals surface area contributed by atoms with Gasteiger partial charge in [-0.25, -0.2) is 8.42 Å². The van der Waals surface area contributed by atoms with E-state index in [-0.39, 0.29) is 17.9 Å². The number of anilines is 1. The molecule has 24 heavy (non-hydrogen) atoms. The molecule has 0 radical (unpaired) electrons. The highest BCUT2D eigenvalue weighted by atomic mass is 32.2. The van der Waals surface area contributed by atoms with E-state index in [2.05, 4.69) is 0 Å². The third-order valence-corrected chi connectivity index (χ3v) is 7.73. The molecule has 5 nitrogen and oxygen atoms in total. The van der Waals surface area contributed by atoms with Crippen LogP contribution in [0, 0.1) is 0 Å². The molecule has 3 aliphatic rings. The smallest absolute Gasteiger partial charge is 0.243 e. The Kier molecular flexibility index (Phi) is 3.73. The van der Waals surface area contributed by atoms with Crippen molar-refractivity contribution in [3.05, 3.63) is 23.3 Å². The van der Waals surface area contributed by atoms with Gasteiger partial charge in [-0.1, -0.05) is 6.42 Å². The molecule has 0 aromatic heterocycles. The average molecular weight is 348 g/mol. The summed E-state index contributed by atoms with van der Waals surface area (Å²) < 4.78 is 28.0. The third kappa shape index (κ3) is 2.23. The van der Waals surface area contributed by atoms with Crippen LogP contribution in [0.5, 0.6) is 0 Å². The molecule has 4 rings (SSSR count). The van der Waals surface area contributed by atoms with E-state index in [0.717, 1.165) is 55.5 Å². The Morgan fingerprint density at radius 2 is 1.88 bits per heavy atom.